The van der Waals surface area contributed by atoms with E-state index < -0.39 is 23.3 Å². The Morgan fingerprint density at radius 1 is 1.18 bits per heavy atom. The van der Waals surface area contributed by atoms with E-state index in [1.165, 1.54) is 22.8 Å². The molecule has 1 saturated heterocycles. The van der Waals surface area contributed by atoms with Gasteiger partial charge in [-0.15, -0.1) is 11.3 Å². The third-order valence-corrected chi connectivity index (χ3v) is 6.49. The van der Waals surface area contributed by atoms with Crippen LogP contribution in [0.2, 0.25) is 0 Å². The van der Waals surface area contributed by atoms with Gasteiger partial charge >= 0.3 is 12.1 Å². The molecule has 178 valence electrons. The number of rotatable bonds is 5. The second-order valence-electron chi connectivity index (χ2n) is 7.92. The summed E-state index contributed by atoms with van der Waals surface area (Å²) in [6.45, 7) is 4.93. The molecule has 2 aromatic rings. The van der Waals surface area contributed by atoms with Crippen LogP contribution >= 0.6 is 11.3 Å². The lowest BCUT2D eigenvalue weighted by molar-refractivity contribution is -0.137. The molecule has 2 heterocycles. The van der Waals surface area contributed by atoms with Gasteiger partial charge in [-0.25, -0.2) is 4.79 Å². The number of nitrogens with zero attached hydrogens (tertiary/aromatic N) is 2. The number of amides is 1. The third-order valence-electron chi connectivity index (χ3n) is 5.43. The Kier molecular flexibility index (Phi) is 7.78. The zero-order valence-corrected chi connectivity index (χ0v) is 19.2. The molecule has 1 aliphatic heterocycles. The smallest absolute Gasteiger partial charge is 0.416 e. The molecule has 0 atom stereocenters. The molecule has 0 spiro atoms. The van der Waals surface area contributed by atoms with Crippen LogP contribution in [0.25, 0.3) is 12.2 Å². The van der Waals surface area contributed by atoms with E-state index in [-0.39, 0.29) is 28.3 Å². The Labute approximate surface area is 192 Å². The van der Waals surface area contributed by atoms with Crippen molar-refractivity contribution in [3.8, 4) is 0 Å². The van der Waals surface area contributed by atoms with E-state index in [0.717, 1.165) is 42.4 Å². The first-order valence-electron chi connectivity index (χ1n) is 10.6. The van der Waals surface area contributed by atoms with E-state index in [1.807, 2.05) is 0 Å². The number of ether oxygens (including phenoxy) is 1. The van der Waals surface area contributed by atoms with Crippen molar-refractivity contribution in [2.75, 3.05) is 19.7 Å². The highest BCUT2D eigenvalue weighted by Crippen LogP contribution is 2.29. The molecule has 0 unspecified atom stereocenters. The van der Waals surface area contributed by atoms with Crippen LogP contribution in [0.5, 0.6) is 0 Å². The van der Waals surface area contributed by atoms with Gasteiger partial charge < -0.3 is 9.64 Å². The predicted molar refractivity (Wildman–Crippen MR) is 119 cm³/mol. The van der Waals surface area contributed by atoms with Crippen molar-refractivity contribution in [1.82, 2.24) is 9.47 Å². The summed E-state index contributed by atoms with van der Waals surface area (Å²) in [5, 5.41) is 0. The molecule has 1 aliphatic rings. The predicted octanol–water partition coefficient (Wildman–Crippen LogP) is 2.36. The van der Waals surface area contributed by atoms with Crippen molar-refractivity contribution < 1.29 is 27.5 Å². The van der Waals surface area contributed by atoms with Crippen LogP contribution in [0.3, 0.4) is 0 Å². The number of aromatic nitrogens is 1. The highest BCUT2D eigenvalue weighted by Gasteiger charge is 2.29. The second-order valence-corrected chi connectivity index (χ2v) is 8.98. The average molecular weight is 483 g/mol. The third kappa shape index (κ3) is 6.34. The fourth-order valence-electron chi connectivity index (χ4n) is 3.49. The van der Waals surface area contributed by atoms with Crippen LogP contribution in [0, 0.1) is 5.92 Å². The lowest BCUT2D eigenvalue weighted by Gasteiger charge is -2.30. The molecule has 6 nitrogen and oxygen atoms in total. The summed E-state index contributed by atoms with van der Waals surface area (Å²) in [4.78, 5) is 39.6. The fourth-order valence-corrected chi connectivity index (χ4v) is 4.52. The Morgan fingerprint density at radius 2 is 1.82 bits per heavy atom. The summed E-state index contributed by atoms with van der Waals surface area (Å²) < 4.78 is 45.0. The maximum atomic E-state index is 13.0. The van der Waals surface area contributed by atoms with Gasteiger partial charge in [-0.05, 0) is 49.5 Å². The lowest BCUT2D eigenvalue weighted by atomic mass is 9.99. The Morgan fingerprint density at radius 3 is 2.39 bits per heavy atom. The molecule has 0 N–H and O–H groups in total. The summed E-state index contributed by atoms with van der Waals surface area (Å²) in [6, 6.07) is 4.40. The van der Waals surface area contributed by atoms with Gasteiger partial charge in [0, 0.05) is 13.1 Å². The molecule has 1 aromatic heterocycles. The first-order valence-corrected chi connectivity index (χ1v) is 11.4. The molecule has 1 fully saturated rings. The Balaban J connectivity index is 1.98. The van der Waals surface area contributed by atoms with E-state index >= 15 is 0 Å². The SMILES string of the molecule is CCOC(=O)/C=c1\s/c(=C\c2ccc(C(F)(F)F)cc2)c(=O)n1CC(=O)N1CCC(C)CC1. The summed E-state index contributed by atoms with van der Waals surface area (Å²) in [5.41, 5.74) is -0.886. The number of thiazole rings is 1. The topological polar surface area (TPSA) is 68.6 Å². The Bertz CT molecular complexity index is 1170. The monoisotopic (exact) mass is 482 g/mol. The minimum Gasteiger partial charge on any atom is -0.463 e. The van der Waals surface area contributed by atoms with Gasteiger partial charge in [0.2, 0.25) is 5.91 Å². The van der Waals surface area contributed by atoms with Crippen LogP contribution in [0.4, 0.5) is 13.2 Å². The highest BCUT2D eigenvalue weighted by atomic mass is 32.1. The molecule has 0 saturated carbocycles. The van der Waals surface area contributed by atoms with Crippen molar-refractivity contribution in [3.63, 3.8) is 0 Å². The van der Waals surface area contributed by atoms with Gasteiger partial charge in [-0.1, -0.05) is 19.1 Å². The van der Waals surface area contributed by atoms with Crippen LogP contribution in [0.15, 0.2) is 29.1 Å². The lowest BCUT2D eigenvalue weighted by Crippen LogP contribution is -2.43. The number of alkyl halides is 3. The summed E-state index contributed by atoms with van der Waals surface area (Å²) in [6.07, 6.45) is -0.0783. The van der Waals surface area contributed by atoms with Gasteiger partial charge in [0.25, 0.3) is 5.56 Å². The number of piperidine rings is 1. The van der Waals surface area contributed by atoms with Crippen molar-refractivity contribution in [3.05, 3.63) is 54.9 Å². The number of hydrogen-bond donors (Lipinski definition) is 0. The van der Waals surface area contributed by atoms with Crippen LogP contribution in [-0.2, 0) is 27.0 Å². The molecule has 0 bridgehead atoms. The number of halogens is 3. The molecular formula is C23H25F3N2O4S. The van der Waals surface area contributed by atoms with Crippen LogP contribution in [0.1, 0.15) is 37.8 Å². The van der Waals surface area contributed by atoms with Crippen molar-refractivity contribution in [2.45, 2.75) is 39.4 Å². The van der Waals surface area contributed by atoms with Gasteiger partial charge in [-0.3, -0.25) is 14.2 Å². The molecule has 0 radical (unpaired) electrons. The summed E-state index contributed by atoms with van der Waals surface area (Å²) >= 11 is 0.979. The maximum absolute atomic E-state index is 13.0. The molecule has 3 rings (SSSR count). The van der Waals surface area contributed by atoms with Crippen molar-refractivity contribution >= 4 is 35.4 Å². The highest BCUT2D eigenvalue weighted by molar-refractivity contribution is 7.07. The zero-order valence-electron chi connectivity index (χ0n) is 18.4. The molecule has 1 aromatic carbocycles. The molecule has 1 amide bonds. The second kappa shape index (κ2) is 10.4. The molecule has 0 aliphatic carbocycles. The van der Waals surface area contributed by atoms with Gasteiger partial charge in [-0.2, -0.15) is 13.2 Å². The van der Waals surface area contributed by atoms with E-state index in [1.54, 1.807) is 11.8 Å². The first kappa shape index (κ1) is 24.8. The number of benzene rings is 1. The molecular weight excluding hydrogens is 457 g/mol. The summed E-state index contributed by atoms with van der Waals surface area (Å²) in [7, 11) is 0. The molecule has 33 heavy (non-hydrogen) atoms. The van der Waals surface area contributed by atoms with Gasteiger partial charge in [0.15, 0.2) is 0 Å². The standard InChI is InChI=1S/C23H25F3N2O4S/c1-3-32-21(30)13-20-28(14-19(29)27-10-8-15(2)9-11-27)22(31)18(33-20)12-16-4-6-17(7-5-16)23(24,25)26/h4-7,12-13,15H,3,8-11,14H2,1-2H3/b18-12-,20-13-. The number of carbonyl (C=O) groups is 2. The summed E-state index contributed by atoms with van der Waals surface area (Å²) in [5.74, 6) is -0.329. The average Bonchev–Trinajstić information content (AvgIpc) is 3.02. The van der Waals surface area contributed by atoms with E-state index in [9.17, 15) is 27.6 Å². The zero-order chi connectivity index (χ0) is 24.2. The fraction of sp³-hybridized carbons (Fsp3) is 0.435. The minimum atomic E-state index is -4.46. The Hall–Kier alpha value is -2.88. The molecule has 10 heteroatoms. The van der Waals surface area contributed by atoms with Gasteiger partial charge in [0.05, 0.1) is 22.8 Å². The number of hydrogen-bond acceptors (Lipinski definition) is 5. The number of esters is 1. The number of carbonyl (C=O) groups excluding carboxylic acids is 2. The minimum absolute atomic E-state index is 0.153. The normalized spacial score (nSPS) is 16.3. The van der Waals surface area contributed by atoms with Crippen molar-refractivity contribution in [1.29, 1.82) is 0 Å². The van der Waals surface area contributed by atoms with Gasteiger partial charge in [0.1, 0.15) is 11.2 Å². The van der Waals surface area contributed by atoms with Crippen LogP contribution in [-0.4, -0.2) is 41.0 Å². The first-order chi connectivity index (χ1) is 15.6. The number of likely N-dealkylation sites (tertiary alicyclic amines) is 1. The van der Waals surface area contributed by atoms with E-state index in [0.29, 0.717) is 24.6 Å². The van der Waals surface area contributed by atoms with Crippen LogP contribution < -0.4 is 14.8 Å². The van der Waals surface area contributed by atoms with E-state index in [4.69, 9.17) is 4.74 Å². The quantitative estimate of drug-likeness (QED) is 0.614. The van der Waals surface area contributed by atoms with Crippen molar-refractivity contribution in [2.24, 2.45) is 5.92 Å². The maximum Gasteiger partial charge on any atom is 0.416 e. The largest absolute Gasteiger partial charge is 0.463 e. The van der Waals surface area contributed by atoms with E-state index in [2.05, 4.69) is 6.92 Å².